The van der Waals surface area contributed by atoms with Crippen molar-refractivity contribution in [3.63, 3.8) is 0 Å². The van der Waals surface area contributed by atoms with Crippen LogP contribution < -0.4 is 11.1 Å². The molecule has 1 aromatic rings. The smallest absolute Gasteiger partial charge is 0.337 e. The van der Waals surface area contributed by atoms with Gasteiger partial charge in [-0.3, -0.25) is 0 Å². The Balaban J connectivity index is 2.35. The number of hydrogen-bond donors (Lipinski definition) is 3. The molecule has 0 spiro atoms. The molecule has 1 aromatic carbocycles. The van der Waals surface area contributed by atoms with Gasteiger partial charge in [0, 0.05) is 24.5 Å². The third kappa shape index (κ3) is 4.63. The standard InChI is InChI=1S/C13H20N2O3/c1-2-3-7-18-8-6-15-10-4-5-11(13(16)17)12(14)9-10/h4-5,9,15H,2-3,6-8,14H2,1H3,(H,16,17). The van der Waals surface area contributed by atoms with E-state index in [0.717, 1.165) is 25.1 Å². The molecule has 0 unspecified atom stereocenters. The fourth-order valence-corrected chi connectivity index (χ4v) is 1.48. The number of carboxylic acid groups (broad SMARTS) is 1. The molecule has 0 aromatic heterocycles. The number of rotatable bonds is 8. The first-order valence-corrected chi connectivity index (χ1v) is 6.09. The largest absolute Gasteiger partial charge is 0.478 e. The highest BCUT2D eigenvalue weighted by atomic mass is 16.5. The van der Waals surface area contributed by atoms with E-state index >= 15 is 0 Å². The van der Waals surface area contributed by atoms with Crippen molar-refractivity contribution in [2.24, 2.45) is 0 Å². The van der Waals surface area contributed by atoms with Gasteiger partial charge in [-0.25, -0.2) is 4.79 Å². The molecule has 18 heavy (non-hydrogen) atoms. The summed E-state index contributed by atoms with van der Waals surface area (Å²) in [7, 11) is 0. The second-order valence-corrected chi connectivity index (χ2v) is 4.00. The number of unbranched alkanes of at least 4 members (excludes halogenated alkanes) is 1. The number of nitrogens with one attached hydrogen (secondary N) is 1. The van der Waals surface area contributed by atoms with Gasteiger partial charge in [0.05, 0.1) is 12.2 Å². The molecular weight excluding hydrogens is 232 g/mol. The molecule has 0 bridgehead atoms. The fraction of sp³-hybridized carbons (Fsp3) is 0.462. The van der Waals surface area contributed by atoms with Crippen molar-refractivity contribution in [3.8, 4) is 0 Å². The van der Waals surface area contributed by atoms with E-state index in [1.807, 2.05) is 0 Å². The normalized spacial score (nSPS) is 10.3. The highest BCUT2D eigenvalue weighted by molar-refractivity contribution is 5.94. The van der Waals surface area contributed by atoms with Gasteiger partial charge in [0.1, 0.15) is 0 Å². The monoisotopic (exact) mass is 252 g/mol. The third-order valence-corrected chi connectivity index (χ3v) is 2.50. The molecular formula is C13H20N2O3. The summed E-state index contributed by atoms with van der Waals surface area (Å²) in [6.45, 7) is 4.20. The average Bonchev–Trinajstić information content (AvgIpc) is 2.33. The summed E-state index contributed by atoms with van der Waals surface area (Å²) in [5.74, 6) is -1.01. The van der Waals surface area contributed by atoms with Gasteiger partial charge < -0.3 is 20.9 Å². The van der Waals surface area contributed by atoms with Crippen LogP contribution in [-0.4, -0.2) is 30.8 Å². The molecule has 5 heteroatoms. The lowest BCUT2D eigenvalue weighted by Crippen LogP contribution is -2.11. The minimum absolute atomic E-state index is 0.125. The molecule has 0 atom stereocenters. The number of nitrogens with two attached hydrogens (primary N) is 1. The predicted octanol–water partition coefficient (Wildman–Crippen LogP) is 2.20. The van der Waals surface area contributed by atoms with Crippen LogP contribution in [0.2, 0.25) is 0 Å². The molecule has 0 radical (unpaired) electrons. The van der Waals surface area contributed by atoms with Crippen LogP contribution >= 0.6 is 0 Å². The third-order valence-electron chi connectivity index (χ3n) is 2.50. The van der Waals surface area contributed by atoms with Crippen molar-refractivity contribution in [2.75, 3.05) is 30.8 Å². The molecule has 1 rings (SSSR count). The molecule has 100 valence electrons. The summed E-state index contributed by atoms with van der Waals surface area (Å²) in [6, 6.07) is 4.82. The van der Waals surface area contributed by atoms with Crippen molar-refractivity contribution >= 4 is 17.3 Å². The maximum Gasteiger partial charge on any atom is 0.337 e. The van der Waals surface area contributed by atoms with Gasteiger partial charge in [-0.1, -0.05) is 13.3 Å². The molecule has 0 heterocycles. The van der Waals surface area contributed by atoms with Crippen LogP contribution in [0.1, 0.15) is 30.1 Å². The number of nitrogen functional groups attached to an aromatic ring is 1. The lowest BCUT2D eigenvalue weighted by Gasteiger charge is -2.09. The zero-order chi connectivity index (χ0) is 13.4. The van der Waals surface area contributed by atoms with E-state index in [1.54, 1.807) is 12.1 Å². The number of aromatic carboxylic acids is 1. The van der Waals surface area contributed by atoms with Crippen molar-refractivity contribution < 1.29 is 14.6 Å². The Morgan fingerprint density at radius 1 is 1.44 bits per heavy atom. The van der Waals surface area contributed by atoms with E-state index in [2.05, 4.69) is 12.2 Å². The van der Waals surface area contributed by atoms with E-state index < -0.39 is 5.97 Å². The van der Waals surface area contributed by atoms with Gasteiger partial charge in [0.25, 0.3) is 0 Å². The number of ether oxygens (including phenoxy) is 1. The molecule has 0 fully saturated rings. The van der Waals surface area contributed by atoms with Crippen LogP contribution in [0, 0.1) is 0 Å². The second-order valence-electron chi connectivity index (χ2n) is 4.00. The van der Waals surface area contributed by atoms with Crippen molar-refractivity contribution in [3.05, 3.63) is 23.8 Å². The quantitative estimate of drug-likeness (QED) is 0.488. The zero-order valence-corrected chi connectivity index (χ0v) is 10.6. The van der Waals surface area contributed by atoms with Crippen LogP contribution in [0.5, 0.6) is 0 Å². The van der Waals surface area contributed by atoms with E-state index in [1.165, 1.54) is 6.07 Å². The minimum atomic E-state index is -1.01. The lowest BCUT2D eigenvalue weighted by molar-refractivity contribution is 0.0698. The van der Waals surface area contributed by atoms with Gasteiger partial charge >= 0.3 is 5.97 Å². The number of benzene rings is 1. The Labute approximate surface area is 107 Å². The van der Waals surface area contributed by atoms with Gasteiger partial charge in [-0.15, -0.1) is 0 Å². The Morgan fingerprint density at radius 3 is 2.83 bits per heavy atom. The summed E-state index contributed by atoms with van der Waals surface area (Å²) in [5, 5.41) is 12.0. The number of anilines is 2. The maximum absolute atomic E-state index is 10.8. The first-order chi connectivity index (χ1) is 8.65. The topological polar surface area (TPSA) is 84.6 Å². The highest BCUT2D eigenvalue weighted by Crippen LogP contribution is 2.17. The first-order valence-electron chi connectivity index (χ1n) is 6.09. The Kier molecular flexibility index (Phi) is 6.00. The molecule has 0 amide bonds. The SMILES string of the molecule is CCCCOCCNc1ccc(C(=O)O)c(N)c1. The first kappa shape index (κ1) is 14.3. The van der Waals surface area contributed by atoms with E-state index in [4.69, 9.17) is 15.6 Å². The maximum atomic E-state index is 10.8. The minimum Gasteiger partial charge on any atom is -0.478 e. The van der Waals surface area contributed by atoms with Crippen LogP contribution in [-0.2, 0) is 4.74 Å². The van der Waals surface area contributed by atoms with Crippen molar-refractivity contribution in [1.29, 1.82) is 0 Å². The predicted molar refractivity (Wildman–Crippen MR) is 72.0 cm³/mol. The summed E-state index contributed by atoms with van der Waals surface area (Å²) in [4.78, 5) is 10.8. The Bertz CT molecular complexity index is 394. The van der Waals surface area contributed by atoms with E-state index in [0.29, 0.717) is 13.2 Å². The van der Waals surface area contributed by atoms with Crippen LogP contribution in [0.25, 0.3) is 0 Å². The molecule has 0 saturated heterocycles. The molecule has 4 N–H and O–H groups in total. The van der Waals surface area contributed by atoms with Crippen LogP contribution in [0.3, 0.4) is 0 Å². The molecule has 0 saturated carbocycles. The average molecular weight is 252 g/mol. The summed E-state index contributed by atoms with van der Waals surface area (Å²) < 4.78 is 5.40. The number of hydrogen-bond acceptors (Lipinski definition) is 4. The molecule has 0 aliphatic rings. The van der Waals surface area contributed by atoms with Gasteiger partial charge in [0.15, 0.2) is 0 Å². The summed E-state index contributed by atoms with van der Waals surface area (Å²) in [5.41, 5.74) is 6.83. The van der Waals surface area contributed by atoms with Gasteiger partial charge in [-0.05, 0) is 24.6 Å². The van der Waals surface area contributed by atoms with Crippen molar-refractivity contribution in [1.82, 2.24) is 0 Å². The molecule has 0 aliphatic heterocycles. The molecule has 0 aliphatic carbocycles. The number of carbonyl (C=O) groups is 1. The molecule has 5 nitrogen and oxygen atoms in total. The summed E-state index contributed by atoms with van der Waals surface area (Å²) >= 11 is 0. The second kappa shape index (κ2) is 7.55. The van der Waals surface area contributed by atoms with Crippen LogP contribution in [0.15, 0.2) is 18.2 Å². The fourth-order valence-electron chi connectivity index (χ4n) is 1.48. The summed E-state index contributed by atoms with van der Waals surface area (Å²) in [6.07, 6.45) is 2.20. The lowest BCUT2D eigenvalue weighted by atomic mass is 10.1. The highest BCUT2D eigenvalue weighted by Gasteiger charge is 2.07. The number of carboxylic acids is 1. The van der Waals surface area contributed by atoms with E-state index in [-0.39, 0.29) is 11.3 Å². The zero-order valence-electron chi connectivity index (χ0n) is 10.6. The Hall–Kier alpha value is -1.75. The van der Waals surface area contributed by atoms with Crippen molar-refractivity contribution in [2.45, 2.75) is 19.8 Å². The van der Waals surface area contributed by atoms with Gasteiger partial charge in [-0.2, -0.15) is 0 Å². The Morgan fingerprint density at radius 2 is 2.22 bits per heavy atom. The van der Waals surface area contributed by atoms with Crippen LogP contribution in [0.4, 0.5) is 11.4 Å². The van der Waals surface area contributed by atoms with E-state index in [9.17, 15) is 4.79 Å². The van der Waals surface area contributed by atoms with Gasteiger partial charge in [0.2, 0.25) is 0 Å².